The third kappa shape index (κ3) is 3.51. The van der Waals surface area contributed by atoms with E-state index in [1.54, 1.807) is 36.8 Å². The maximum atomic E-state index is 12.4. The van der Waals surface area contributed by atoms with Gasteiger partial charge in [0.2, 0.25) is 11.8 Å². The fraction of sp³-hybridized carbons (Fsp3) is 0.412. The van der Waals surface area contributed by atoms with Crippen LogP contribution in [0.15, 0.2) is 24.3 Å². The number of hydrogen-bond donors (Lipinski definition) is 0. The van der Waals surface area contributed by atoms with E-state index in [-0.39, 0.29) is 17.9 Å². The molecule has 1 aromatic rings. The van der Waals surface area contributed by atoms with E-state index in [1.165, 1.54) is 11.0 Å². The zero-order valence-electron chi connectivity index (χ0n) is 13.7. The number of benzene rings is 1. The highest BCUT2D eigenvalue weighted by atomic mass is 32.2. The van der Waals surface area contributed by atoms with Crippen LogP contribution in [-0.2, 0) is 9.59 Å². The first-order chi connectivity index (χ1) is 11.6. The van der Waals surface area contributed by atoms with Gasteiger partial charge in [-0.25, -0.2) is 0 Å². The summed E-state index contributed by atoms with van der Waals surface area (Å²) in [5, 5.41) is 0. The Bertz CT molecular complexity index is 675. The Morgan fingerprint density at radius 2 is 2.00 bits per heavy atom. The van der Waals surface area contributed by atoms with Crippen LogP contribution < -0.4 is 9.47 Å². The molecule has 2 heterocycles. The SMILES string of the molecule is CN(C)C(=O)[C@H]1CSCN1C(=O)/C=C/c1ccc2c(c1)OCCO2. The molecule has 0 unspecified atom stereocenters. The summed E-state index contributed by atoms with van der Waals surface area (Å²) in [6.07, 6.45) is 3.24. The lowest BCUT2D eigenvalue weighted by molar-refractivity contribution is -0.139. The van der Waals surface area contributed by atoms with Crippen molar-refractivity contribution in [3.05, 3.63) is 29.8 Å². The van der Waals surface area contributed by atoms with Gasteiger partial charge < -0.3 is 19.3 Å². The van der Waals surface area contributed by atoms with Crippen molar-refractivity contribution < 1.29 is 19.1 Å². The summed E-state index contributed by atoms with van der Waals surface area (Å²) in [6.45, 7) is 1.08. The van der Waals surface area contributed by atoms with Crippen molar-refractivity contribution in [3.8, 4) is 11.5 Å². The average molecular weight is 348 g/mol. The van der Waals surface area contributed by atoms with Crippen molar-refractivity contribution in [2.24, 2.45) is 0 Å². The zero-order valence-corrected chi connectivity index (χ0v) is 14.5. The second-order valence-corrected chi connectivity index (χ2v) is 6.79. The lowest BCUT2D eigenvalue weighted by Gasteiger charge is -2.24. The molecule has 3 rings (SSSR count). The van der Waals surface area contributed by atoms with Crippen LogP contribution in [0.2, 0.25) is 0 Å². The molecule has 24 heavy (non-hydrogen) atoms. The predicted molar refractivity (Wildman–Crippen MR) is 93.1 cm³/mol. The molecule has 0 aromatic heterocycles. The van der Waals surface area contributed by atoms with E-state index in [0.29, 0.717) is 30.6 Å². The second-order valence-electron chi connectivity index (χ2n) is 5.79. The van der Waals surface area contributed by atoms with Crippen molar-refractivity contribution in [3.63, 3.8) is 0 Å². The Labute approximate surface area is 145 Å². The maximum Gasteiger partial charge on any atom is 0.247 e. The molecule has 0 spiro atoms. The Morgan fingerprint density at radius 3 is 2.75 bits per heavy atom. The molecule has 2 amide bonds. The number of hydrogen-bond acceptors (Lipinski definition) is 5. The first kappa shape index (κ1) is 16.7. The summed E-state index contributed by atoms with van der Waals surface area (Å²) in [7, 11) is 3.41. The first-order valence-corrected chi connectivity index (χ1v) is 8.89. The molecule has 6 nitrogen and oxygen atoms in total. The highest BCUT2D eigenvalue weighted by Gasteiger charge is 2.34. The molecule has 0 saturated carbocycles. The fourth-order valence-electron chi connectivity index (χ4n) is 2.59. The summed E-state index contributed by atoms with van der Waals surface area (Å²) in [4.78, 5) is 27.7. The smallest absolute Gasteiger partial charge is 0.247 e. The molecule has 0 bridgehead atoms. The number of ether oxygens (including phenoxy) is 2. The Balaban J connectivity index is 1.70. The van der Waals surface area contributed by atoms with Gasteiger partial charge in [0.05, 0.1) is 5.88 Å². The van der Waals surface area contributed by atoms with Gasteiger partial charge in [-0.2, -0.15) is 0 Å². The van der Waals surface area contributed by atoms with Gasteiger partial charge in [-0.05, 0) is 23.8 Å². The van der Waals surface area contributed by atoms with Crippen molar-refractivity contribution in [1.82, 2.24) is 9.80 Å². The van der Waals surface area contributed by atoms with Crippen molar-refractivity contribution in [1.29, 1.82) is 0 Å². The third-order valence-corrected chi connectivity index (χ3v) is 4.89. The standard InChI is InChI=1S/C17H20N2O4S/c1-18(2)17(21)13-10-24-11-19(13)16(20)6-4-12-3-5-14-15(9-12)23-8-7-22-14/h3-6,9,13H,7-8,10-11H2,1-2H3/b6-4+/t13-/m1/s1. The molecule has 7 heteroatoms. The van der Waals surface area contributed by atoms with Gasteiger partial charge >= 0.3 is 0 Å². The molecule has 0 N–H and O–H groups in total. The zero-order chi connectivity index (χ0) is 17.1. The summed E-state index contributed by atoms with van der Waals surface area (Å²) in [5.41, 5.74) is 0.856. The molecular weight excluding hydrogens is 328 g/mol. The number of amides is 2. The van der Waals surface area contributed by atoms with E-state index >= 15 is 0 Å². The number of carbonyl (C=O) groups is 2. The quantitative estimate of drug-likeness (QED) is 0.774. The van der Waals surface area contributed by atoms with Gasteiger partial charge in [0.15, 0.2) is 11.5 Å². The monoisotopic (exact) mass is 348 g/mol. The summed E-state index contributed by atoms with van der Waals surface area (Å²) >= 11 is 1.59. The minimum atomic E-state index is -0.387. The number of fused-ring (bicyclic) bond motifs is 1. The van der Waals surface area contributed by atoms with E-state index < -0.39 is 0 Å². The lowest BCUT2D eigenvalue weighted by atomic mass is 10.1. The van der Waals surface area contributed by atoms with E-state index in [4.69, 9.17) is 9.47 Å². The number of carbonyl (C=O) groups excluding carboxylic acids is 2. The number of thioether (sulfide) groups is 1. The van der Waals surface area contributed by atoms with Crippen LogP contribution in [0.4, 0.5) is 0 Å². The van der Waals surface area contributed by atoms with E-state index in [2.05, 4.69) is 0 Å². The average Bonchev–Trinajstić information content (AvgIpc) is 3.08. The van der Waals surface area contributed by atoms with E-state index in [9.17, 15) is 9.59 Å². The highest BCUT2D eigenvalue weighted by Crippen LogP contribution is 2.31. The second kappa shape index (κ2) is 7.17. The van der Waals surface area contributed by atoms with Gasteiger partial charge in [0, 0.05) is 25.9 Å². The Morgan fingerprint density at radius 1 is 1.25 bits per heavy atom. The van der Waals surface area contributed by atoms with Crippen molar-refractivity contribution in [2.45, 2.75) is 6.04 Å². The van der Waals surface area contributed by atoms with Crippen molar-refractivity contribution in [2.75, 3.05) is 38.9 Å². The van der Waals surface area contributed by atoms with Crippen LogP contribution in [0.1, 0.15) is 5.56 Å². The van der Waals surface area contributed by atoms with E-state index in [1.807, 2.05) is 18.2 Å². The minimum Gasteiger partial charge on any atom is -0.486 e. The minimum absolute atomic E-state index is 0.0407. The molecule has 1 aromatic carbocycles. The number of rotatable bonds is 3. The van der Waals surface area contributed by atoms with Crippen LogP contribution in [-0.4, -0.2) is 66.6 Å². The number of nitrogens with zero attached hydrogens (tertiary/aromatic N) is 2. The van der Waals surface area contributed by atoms with Crippen LogP contribution in [0.3, 0.4) is 0 Å². The molecule has 1 saturated heterocycles. The normalized spacial score (nSPS) is 19.6. The summed E-state index contributed by atoms with van der Waals surface area (Å²) in [5.74, 6) is 2.39. The predicted octanol–water partition coefficient (Wildman–Crippen LogP) is 1.46. The van der Waals surface area contributed by atoms with Crippen LogP contribution in [0, 0.1) is 0 Å². The molecule has 0 aliphatic carbocycles. The van der Waals surface area contributed by atoms with Gasteiger partial charge in [-0.3, -0.25) is 9.59 Å². The van der Waals surface area contributed by atoms with Gasteiger partial charge in [-0.1, -0.05) is 6.07 Å². The lowest BCUT2D eigenvalue weighted by Crippen LogP contribution is -2.46. The van der Waals surface area contributed by atoms with Gasteiger partial charge in [-0.15, -0.1) is 11.8 Å². The molecule has 2 aliphatic heterocycles. The van der Waals surface area contributed by atoms with Crippen LogP contribution in [0.25, 0.3) is 6.08 Å². The molecular formula is C17H20N2O4S. The Kier molecular flexibility index (Phi) is 4.99. The molecule has 1 atom stereocenters. The molecule has 0 radical (unpaired) electrons. The highest BCUT2D eigenvalue weighted by molar-refractivity contribution is 7.99. The largest absolute Gasteiger partial charge is 0.486 e. The topological polar surface area (TPSA) is 59.1 Å². The summed E-state index contributed by atoms with van der Waals surface area (Å²) < 4.78 is 11.0. The molecule has 128 valence electrons. The van der Waals surface area contributed by atoms with Crippen LogP contribution in [0.5, 0.6) is 11.5 Å². The van der Waals surface area contributed by atoms with E-state index in [0.717, 1.165) is 11.3 Å². The maximum absolute atomic E-state index is 12.4. The summed E-state index contributed by atoms with van der Waals surface area (Å²) in [6, 6.07) is 5.17. The molecule has 1 fully saturated rings. The molecule has 2 aliphatic rings. The van der Waals surface area contributed by atoms with Crippen molar-refractivity contribution >= 4 is 29.7 Å². The van der Waals surface area contributed by atoms with Crippen LogP contribution >= 0.6 is 11.8 Å². The van der Waals surface area contributed by atoms with Gasteiger partial charge in [0.25, 0.3) is 0 Å². The first-order valence-electron chi connectivity index (χ1n) is 7.73. The van der Waals surface area contributed by atoms with Gasteiger partial charge in [0.1, 0.15) is 19.3 Å². The number of likely N-dealkylation sites (N-methyl/N-ethyl adjacent to an activating group) is 1. The third-order valence-electron chi connectivity index (χ3n) is 3.88. The Hall–Kier alpha value is -2.15. The fourth-order valence-corrected chi connectivity index (χ4v) is 3.74.